The van der Waals surface area contributed by atoms with Gasteiger partial charge >= 0.3 is 5.97 Å². The summed E-state index contributed by atoms with van der Waals surface area (Å²) < 4.78 is 11.6. The number of amides is 1. The lowest BCUT2D eigenvalue weighted by Gasteiger charge is -2.23. The van der Waals surface area contributed by atoms with Crippen molar-refractivity contribution in [2.24, 2.45) is 5.41 Å². The zero-order valence-electron chi connectivity index (χ0n) is 15.8. The molecule has 2 aromatic carbocycles. The van der Waals surface area contributed by atoms with E-state index in [9.17, 15) is 14.7 Å². The summed E-state index contributed by atoms with van der Waals surface area (Å²) in [5.74, 6) is -0.527. The molecule has 28 heavy (non-hydrogen) atoms. The first-order chi connectivity index (χ1) is 13.4. The third-order valence-electron chi connectivity index (χ3n) is 4.61. The Labute approximate surface area is 166 Å². The molecule has 1 aromatic heterocycles. The molecule has 1 heterocycles. The number of anilines is 1. The average Bonchev–Trinajstić information content (AvgIpc) is 3.08. The van der Waals surface area contributed by atoms with Crippen LogP contribution < -0.4 is 14.8 Å². The van der Waals surface area contributed by atoms with Gasteiger partial charge in [-0.25, -0.2) is 0 Å². The van der Waals surface area contributed by atoms with Gasteiger partial charge in [0, 0.05) is 27.8 Å². The van der Waals surface area contributed by atoms with Crippen LogP contribution in [0.2, 0.25) is 0 Å². The first-order valence-electron chi connectivity index (χ1n) is 8.61. The lowest BCUT2D eigenvalue weighted by Crippen LogP contribution is -2.42. The number of aliphatic carboxylic acids is 1. The monoisotopic (exact) mass is 399 g/mol. The van der Waals surface area contributed by atoms with Crippen LogP contribution in [0.4, 0.5) is 5.69 Å². The number of methoxy groups -OCH3 is 2. The Morgan fingerprint density at radius 2 is 1.71 bits per heavy atom. The molecule has 0 aliphatic carbocycles. The Hall–Kier alpha value is -3.06. The van der Waals surface area contributed by atoms with Crippen molar-refractivity contribution < 1.29 is 24.2 Å². The quantitative estimate of drug-likeness (QED) is 0.582. The van der Waals surface area contributed by atoms with E-state index in [1.54, 1.807) is 38.5 Å². The Kier molecular flexibility index (Phi) is 5.56. The maximum absolute atomic E-state index is 12.8. The molecule has 1 unspecified atom stereocenters. The third kappa shape index (κ3) is 3.80. The molecule has 0 aliphatic heterocycles. The number of rotatable bonds is 7. The predicted octanol–water partition coefficient (Wildman–Crippen LogP) is 4.19. The number of carbonyl (C=O) groups excluding carboxylic acids is 1. The van der Waals surface area contributed by atoms with Gasteiger partial charge in [0.25, 0.3) is 0 Å². The first kappa shape index (κ1) is 19.7. The fourth-order valence-electron chi connectivity index (χ4n) is 2.90. The zero-order valence-corrected chi connectivity index (χ0v) is 16.6. The van der Waals surface area contributed by atoms with Crippen molar-refractivity contribution in [3.63, 3.8) is 0 Å². The molecular weight excluding hydrogens is 378 g/mol. The Bertz CT molecular complexity index is 973. The van der Waals surface area contributed by atoms with Crippen molar-refractivity contribution in [3.05, 3.63) is 53.4 Å². The van der Waals surface area contributed by atoms with E-state index in [1.165, 1.54) is 18.3 Å². The highest BCUT2D eigenvalue weighted by molar-refractivity contribution is 7.19. The van der Waals surface area contributed by atoms with Crippen molar-refractivity contribution in [1.29, 1.82) is 0 Å². The van der Waals surface area contributed by atoms with Crippen LogP contribution in [0.5, 0.6) is 11.5 Å². The van der Waals surface area contributed by atoms with E-state index >= 15 is 0 Å². The summed E-state index contributed by atoms with van der Waals surface area (Å²) in [6.45, 7) is 1.44. The zero-order chi connectivity index (χ0) is 20.3. The second-order valence-corrected chi connectivity index (χ2v) is 7.76. The highest BCUT2D eigenvalue weighted by Gasteiger charge is 2.42. The standard InChI is InChI=1S/C21H21NO5S/c1-21(20(24)25,19(23)22-14-7-5-4-6-8-14)12-15-9-13-10-16(26-2)17(27-3)11-18(13)28-15/h4-11H,12H2,1-3H3,(H,22,23)(H,24,25). The number of hydrogen-bond donors (Lipinski definition) is 2. The number of thiophene rings is 1. The smallest absolute Gasteiger partial charge is 0.319 e. The number of para-hydroxylation sites is 1. The van der Waals surface area contributed by atoms with Crippen LogP contribution in [0.1, 0.15) is 11.8 Å². The number of nitrogens with one attached hydrogen (secondary N) is 1. The van der Waals surface area contributed by atoms with Crippen molar-refractivity contribution in [1.82, 2.24) is 0 Å². The second kappa shape index (κ2) is 7.90. The van der Waals surface area contributed by atoms with Crippen LogP contribution in [0.15, 0.2) is 48.5 Å². The van der Waals surface area contributed by atoms with Gasteiger partial charge in [0.2, 0.25) is 5.91 Å². The minimum absolute atomic E-state index is 0.0744. The van der Waals surface area contributed by atoms with Crippen LogP contribution in [0.25, 0.3) is 10.1 Å². The predicted molar refractivity (Wildman–Crippen MR) is 109 cm³/mol. The van der Waals surface area contributed by atoms with Crippen LogP contribution in [-0.2, 0) is 16.0 Å². The van der Waals surface area contributed by atoms with E-state index in [2.05, 4.69) is 5.32 Å². The Balaban J connectivity index is 1.91. The van der Waals surface area contributed by atoms with Crippen LogP contribution in [0.3, 0.4) is 0 Å². The second-order valence-electron chi connectivity index (χ2n) is 6.59. The number of carboxylic acid groups (broad SMARTS) is 1. The van der Waals surface area contributed by atoms with Crippen molar-refractivity contribution in [2.45, 2.75) is 13.3 Å². The lowest BCUT2D eigenvalue weighted by atomic mass is 9.85. The molecule has 0 saturated carbocycles. The molecule has 3 rings (SSSR count). The Morgan fingerprint density at radius 3 is 2.32 bits per heavy atom. The van der Waals surface area contributed by atoms with Gasteiger partial charge in [-0.3, -0.25) is 9.59 Å². The van der Waals surface area contributed by atoms with E-state index in [-0.39, 0.29) is 6.42 Å². The molecule has 146 valence electrons. The summed E-state index contributed by atoms with van der Waals surface area (Å²) in [5, 5.41) is 13.4. The maximum atomic E-state index is 12.8. The Morgan fingerprint density at radius 1 is 1.07 bits per heavy atom. The van der Waals surface area contributed by atoms with Gasteiger partial charge in [-0.05, 0) is 36.6 Å². The summed E-state index contributed by atoms with van der Waals surface area (Å²) >= 11 is 1.44. The van der Waals surface area contributed by atoms with Gasteiger partial charge < -0.3 is 19.9 Å². The minimum Gasteiger partial charge on any atom is -0.493 e. The van der Waals surface area contributed by atoms with Crippen molar-refractivity contribution in [3.8, 4) is 11.5 Å². The van der Waals surface area contributed by atoms with E-state index in [0.29, 0.717) is 17.2 Å². The maximum Gasteiger partial charge on any atom is 0.319 e. The van der Waals surface area contributed by atoms with Crippen LogP contribution in [-0.4, -0.2) is 31.2 Å². The van der Waals surface area contributed by atoms with E-state index in [1.807, 2.05) is 24.3 Å². The van der Waals surface area contributed by atoms with E-state index < -0.39 is 17.3 Å². The van der Waals surface area contributed by atoms with Gasteiger partial charge in [-0.15, -0.1) is 11.3 Å². The fraction of sp³-hybridized carbons (Fsp3) is 0.238. The largest absolute Gasteiger partial charge is 0.493 e. The van der Waals surface area contributed by atoms with E-state index in [0.717, 1.165) is 15.0 Å². The topological polar surface area (TPSA) is 84.9 Å². The molecule has 6 nitrogen and oxygen atoms in total. The molecule has 0 bridgehead atoms. The minimum atomic E-state index is -1.61. The molecule has 2 N–H and O–H groups in total. The summed E-state index contributed by atoms with van der Waals surface area (Å²) in [6.07, 6.45) is 0.0744. The summed E-state index contributed by atoms with van der Waals surface area (Å²) in [6, 6.07) is 14.4. The van der Waals surface area contributed by atoms with Gasteiger partial charge in [0.05, 0.1) is 14.2 Å². The highest BCUT2D eigenvalue weighted by Crippen LogP contribution is 2.38. The number of hydrogen-bond acceptors (Lipinski definition) is 5. The summed E-state index contributed by atoms with van der Waals surface area (Å²) in [5.41, 5.74) is -1.05. The van der Waals surface area contributed by atoms with E-state index in [4.69, 9.17) is 9.47 Å². The summed E-state index contributed by atoms with van der Waals surface area (Å²) in [4.78, 5) is 25.5. The number of fused-ring (bicyclic) bond motifs is 1. The van der Waals surface area contributed by atoms with Gasteiger partial charge in [-0.1, -0.05) is 18.2 Å². The van der Waals surface area contributed by atoms with Gasteiger partial charge in [0.1, 0.15) is 5.41 Å². The lowest BCUT2D eigenvalue weighted by molar-refractivity contribution is -0.152. The van der Waals surface area contributed by atoms with Crippen LogP contribution >= 0.6 is 11.3 Å². The molecule has 0 aliphatic rings. The number of carboxylic acids is 1. The molecular formula is C21H21NO5S. The normalized spacial score (nSPS) is 13.0. The molecule has 7 heteroatoms. The van der Waals surface area contributed by atoms with Crippen molar-refractivity contribution >= 4 is 39.0 Å². The van der Waals surface area contributed by atoms with Crippen LogP contribution in [0, 0.1) is 5.41 Å². The SMILES string of the molecule is COc1cc2cc(CC(C)(C(=O)O)C(=O)Nc3ccccc3)sc2cc1OC. The summed E-state index contributed by atoms with van der Waals surface area (Å²) in [7, 11) is 3.12. The molecule has 0 saturated heterocycles. The molecule has 0 fully saturated rings. The number of ether oxygens (including phenoxy) is 2. The highest BCUT2D eigenvalue weighted by atomic mass is 32.1. The van der Waals surface area contributed by atoms with Gasteiger partial charge in [-0.2, -0.15) is 0 Å². The molecule has 3 aromatic rings. The average molecular weight is 399 g/mol. The molecule has 0 spiro atoms. The molecule has 1 amide bonds. The third-order valence-corrected chi connectivity index (χ3v) is 5.70. The number of benzene rings is 2. The molecule has 1 atom stereocenters. The molecule has 0 radical (unpaired) electrons. The van der Waals surface area contributed by atoms with Gasteiger partial charge in [0.15, 0.2) is 11.5 Å². The van der Waals surface area contributed by atoms with Crippen molar-refractivity contribution in [2.75, 3.05) is 19.5 Å². The fourth-order valence-corrected chi connectivity index (χ4v) is 4.13. The number of carbonyl (C=O) groups is 2. The first-order valence-corrected chi connectivity index (χ1v) is 9.43.